The maximum Gasteiger partial charge on any atom is 0.293 e. The van der Waals surface area contributed by atoms with E-state index in [1.54, 1.807) is 48.5 Å². The summed E-state index contributed by atoms with van der Waals surface area (Å²) < 4.78 is 6.74. The number of ketones is 1. The van der Waals surface area contributed by atoms with E-state index < -0.39 is 11.1 Å². The minimum Gasteiger partial charge on any atom is -0.488 e. The molecule has 0 radical (unpaired) electrons. The van der Waals surface area contributed by atoms with E-state index in [4.69, 9.17) is 27.9 Å². The quantitative estimate of drug-likeness (QED) is 0.219. The summed E-state index contributed by atoms with van der Waals surface area (Å²) in [5, 5.41) is 0.576. The van der Waals surface area contributed by atoms with Crippen molar-refractivity contribution in [3.8, 4) is 5.75 Å². The van der Waals surface area contributed by atoms with Gasteiger partial charge in [-0.2, -0.15) is 0 Å². The number of amides is 2. The number of ether oxygens (including phenoxy) is 1. The minimum atomic E-state index is -0.533. The molecule has 1 aliphatic rings. The predicted octanol–water partition coefficient (Wildman–Crippen LogP) is 7.25. The third-order valence-corrected chi connectivity index (χ3v) is 6.96. The van der Waals surface area contributed by atoms with Crippen LogP contribution >= 0.6 is 50.9 Å². The van der Waals surface area contributed by atoms with Crippen LogP contribution in [0.1, 0.15) is 21.5 Å². The normalized spacial score (nSPS) is 14.7. The van der Waals surface area contributed by atoms with Gasteiger partial charge >= 0.3 is 0 Å². The molecule has 34 heavy (non-hydrogen) atoms. The highest BCUT2D eigenvalue weighted by Crippen LogP contribution is 2.35. The van der Waals surface area contributed by atoms with Crippen LogP contribution in [0.25, 0.3) is 6.08 Å². The third kappa shape index (κ3) is 5.73. The molecule has 4 rings (SSSR count). The smallest absolute Gasteiger partial charge is 0.293 e. The number of imide groups is 1. The van der Waals surface area contributed by atoms with Gasteiger partial charge in [-0.1, -0.05) is 57.3 Å². The van der Waals surface area contributed by atoms with Gasteiger partial charge in [0.25, 0.3) is 11.1 Å². The van der Waals surface area contributed by atoms with Crippen LogP contribution in [0, 0.1) is 0 Å². The Labute approximate surface area is 218 Å². The van der Waals surface area contributed by atoms with Crippen molar-refractivity contribution < 1.29 is 19.1 Å². The zero-order valence-corrected chi connectivity index (χ0v) is 21.4. The predicted molar refractivity (Wildman–Crippen MR) is 138 cm³/mol. The average molecular weight is 577 g/mol. The number of halogens is 3. The van der Waals surface area contributed by atoms with E-state index in [2.05, 4.69) is 15.9 Å². The van der Waals surface area contributed by atoms with Crippen molar-refractivity contribution in [2.24, 2.45) is 0 Å². The lowest BCUT2D eigenvalue weighted by Crippen LogP contribution is -2.33. The molecule has 3 aromatic carbocycles. The summed E-state index contributed by atoms with van der Waals surface area (Å²) in [4.78, 5) is 39.1. The van der Waals surface area contributed by atoms with Crippen LogP contribution in [-0.4, -0.2) is 28.4 Å². The molecule has 0 atom stereocenters. The summed E-state index contributed by atoms with van der Waals surface area (Å²) in [5.41, 5.74) is 1.80. The van der Waals surface area contributed by atoms with Gasteiger partial charge in [-0.15, -0.1) is 0 Å². The second-order valence-corrected chi connectivity index (χ2v) is 10.0. The molecule has 0 N–H and O–H groups in total. The van der Waals surface area contributed by atoms with E-state index in [0.717, 1.165) is 26.7 Å². The molecule has 9 heteroatoms. The highest BCUT2D eigenvalue weighted by atomic mass is 79.9. The highest BCUT2D eigenvalue weighted by Gasteiger charge is 2.36. The number of Topliss-reactive ketones (excluding diaryl/α,β-unsaturated/α-hetero) is 1. The summed E-state index contributed by atoms with van der Waals surface area (Å²) in [5.74, 6) is -0.368. The van der Waals surface area contributed by atoms with Crippen LogP contribution in [0.5, 0.6) is 5.75 Å². The number of rotatable bonds is 7. The van der Waals surface area contributed by atoms with Crippen LogP contribution in [0.15, 0.2) is 76.1 Å². The molecule has 2 amide bonds. The van der Waals surface area contributed by atoms with Crippen LogP contribution in [0.3, 0.4) is 0 Å². The first kappa shape index (κ1) is 24.5. The third-order valence-electron chi connectivity index (χ3n) is 4.94. The van der Waals surface area contributed by atoms with Gasteiger partial charge < -0.3 is 4.74 Å². The van der Waals surface area contributed by atoms with Crippen molar-refractivity contribution >= 4 is 73.9 Å². The standard InChI is InChI=1S/C25H16BrCl2NO4S/c26-18-7-10-22(33-14-16-3-1-2-4-20(16)28)17(11-18)12-23-24(31)29(25(32)34-23)13-21(30)15-5-8-19(27)9-6-15/h1-12H,13-14H2/b23-12+. The lowest BCUT2D eigenvalue weighted by Gasteiger charge is -2.12. The molecular weight excluding hydrogens is 561 g/mol. The average Bonchev–Trinajstić information content (AvgIpc) is 3.07. The maximum atomic E-state index is 12.9. The Morgan fingerprint density at radius 3 is 2.50 bits per heavy atom. The Bertz CT molecular complexity index is 1310. The molecule has 172 valence electrons. The summed E-state index contributed by atoms with van der Waals surface area (Å²) in [6.45, 7) is -0.114. The molecule has 0 spiro atoms. The van der Waals surface area contributed by atoms with Crippen LogP contribution < -0.4 is 4.74 Å². The molecule has 5 nitrogen and oxygen atoms in total. The fourth-order valence-electron chi connectivity index (χ4n) is 3.18. The van der Waals surface area contributed by atoms with Crippen molar-refractivity contribution in [2.45, 2.75) is 6.61 Å². The molecule has 1 fully saturated rings. The lowest BCUT2D eigenvalue weighted by molar-refractivity contribution is -0.122. The van der Waals surface area contributed by atoms with E-state index in [9.17, 15) is 14.4 Å². The Hall–Kier alpha value is -2.58. The van der Waals surface area contributed by atoms with E-state index in [1.807, 2.05) is 24.3 Å². The van der Waals surface area contributed by atoms with Crippen LogP contribution in [0.4, 0.5) is 4.79 Å². The topological polar surface area (TPSA) is 63.7 Å². The molecule has 0 aliphatic carbocycles. The van der Waals surface area contributed by atoms with Crippen molar-refractivity contribution in [2.75, 3.05) is 6.54 Å². The largest absolute Gasteiger partial charge is 0.488 e. The number of benzene rings is 3. The van der Waals surface area contributed by atoms with Crippen molar-refractivity contribution in [1.29, 1.82) is 0 Å². The number of carbonyl (C=O) groups excluding carboxylic acids is 3. The van der Waals surface area contributed by atoms with Gasteiger partial charge in [-0.05, 0) is 66.4 Å². The van der Waals surface area contributed by atoms with Crippen molar-refractivity contribution in [1.82, 2.24) is 4.90 Å². The highest BCUT2D eigenvalue weighted by molar-refractivity contribution is 9.10. The fraction of sp³-hybridized carbons (Fsp3) is 0.0800. The second kappa shape index (κ2) is 10.8. The molecular formula is C25H16BrCl2NO4S. The van der Waals surface area contributed by atoms with Crippen molar-refractivity contribution in [3.05, 3.63) is 103 Å². The number of nitrogens with zero attached hydrogens (tertiary/aromatic N) is 1. The Morgan fingerprint density at radius 2 is 1.76 bits per heavy atom. The fourth-order valence-corrected chi connectivity index (χ4v) is 4.71. The number of hydrogen-bond donors (Lipinski definition) is 0. The van der Waals surface area contributed by atoms with Crippen LogP contribution in [0.2, 0.25) is 10.0 Å². The van der Waals surface area contributed by atoms with Gasteiger partial charge in [-0.25, -0.2) is 0 Å². The number of hydrogen-bond acceptors (Lipinski definition) is 5. The van der Waals surface area contributed by atoms with Gasteiger partial charge in [0.1, 0.15) is 12.4 Å². The van der Waals surface area contributed by atoms with Crippen LogP contribution in [-0.2, 0) is 11.4 Å². The lowest BCUT2D eigenvalue weighted by atomic mass is 10.1. The van der Waals surface area contributed by atoms with Gasteiger partial charge in [0.05, 0.1) is 11.4 Å². The number of thioether (sulfide) groups is 1. The van der Waals surface area contributed by atoms with E-state index in [1.165, 1.54) is 0 Å². The summed E-state index contributed by atoms with van der Waals surface area (Å²) in [6, 6.07) is 19.0. The molecule has 1 saturated heterocycles. The molecule has 1 aliphatic heterocycles. The Balaban J connectivity index is 1.53. The van der Waals surface area contributed by atoms with Crippen molar-refractivity contribution in [3.63, 3.8) is 0 Å². The first-order valence-electron chi connectivity index (χ1n) is 10.0. The molecule has 1 heterocycles. The van der Waals surface area contributed by atoms with E-state index in [-0.39, 0.29) is 23.8 Å². The zero-order valence-electron chi connectivity index (χ0n) is 17.5. The van der Waals surface area contributed by atoms with Gasteiger partial charge in [0.15, 0.2) is 5.78 Å². The second-order valence-electron chi connectivity index (χ2n) is 7.26. The monoisotopic (exact) mass is 575 g/mol. The Kier molecular flexibility index (Phi) is 7.78. The first-order valence-corrected chi connectivity index (χ1v) is 12.4. The first-order chi connectivity index (χ1) is 16.3. The van der Waals surface area contributed by atoms with Gasteiger partial charge in [0.2, 0.25) is 0 Å². The van der Waals surface area contributed by atoms with E-state index in [0.29, 0.717) is 26.9 Å². The SMILES string of the molecule is O=C(CN1C(=O)S/C(=C/c2cc(Br)ccc2OCc2ccccc2Cl)C1=O)c1ccc(Cl)cc1. The van der Waals surface area contributed by atoms with Gasteiger partial charge in [0, 0.05) is 31.2 Å². The molecule has 0 saturated carbocycles. The Morgan fingerprint density at radius 1 is 1.03 bits per heavy atom. The molecule has 3 aromatic rings. The summed E-state index contributed by atoms with van der Waals surface area (Å²) in [6.07, 6.45) is 1.59. The zero-order chi connectivity index (χ0) is 24.2. The summed E-state index contributed by atoms with van der Waals surface area (Å²) in [7, 11) is 0. The minimum absolute atomic E-state index is 0.203. The molecule has 0 bridgehead atoms. The number of carbonyl (C=O) groups is 3. The maximum absolute atomic E-state index is 12.9. The molecule has 0 aromatic heterocycles. The summed E-state index contributed by atoms with van der Waals surface area (Å²) >= 11 is 16.3. The van der Waals surface area contributed by atoms with E-state index >= 15 is 0 Å². The molecule has 0 unspecified atom stereocenters. The van der Waals surface area contributed by atoms with Gasteiger partial charge in [-0.3, -0.25) is 19.3 Å².